The fourth-order valence-electron chi connectivity index (χ4n) is 2.39. The van der Waals surface area contributed by atoms with Crippen molar-refractivity contribution in [1.82, 2.24) is 4.90 Å². The van der Waals surface area contributed by atoms with E-state index in [0.717, 1.165) is 13.1 Å². The van der Waals surface area contributed by atoms with Gasteiger partial charge in [-0.3, -0.25) is 9.59 Å². The Balaban J connectivity index is 2.44. The van der Waals surface area contributed by atoms with Crippen LogP contribution in [0.15, 0.2) is 14.3 Å². The second-order valence-corrected chi connectivity index (χ2v) is 7.81. The Hall–Kier alpha value is -0.400. The summed E-state index contributed by atoms with van der Waals surface area (Å²) >= 11 is 8.29. The second kappa shape index (κ2) is 5.93. The minimum absolute atomic E-state index is 0.00870. The van der Waals surface area contributed by atoms with E-state index in [9.17, 15) is 14.7 Å². The largest absolute Gasteiger partial charge is 0.481 e. The van der Waals surface area contributed by atoms with E-state index in [0.29, 0.717) is 19.3 Å². The van der Waals surface area contributed by atoms with Crippen molar-refractivity contribution in [2.45, 2.75) is 25.3 Å². The van der Waals surface area contributed by atoms with Gasteiger partial charge in [-0.2, -0.15) is 0 Å². The van der Waals surface area contributed by atoms with Gasteiger partial charge < -0.3 is 10.0 Å². The number of likely N-dealkylation sites (tertiary alicyclic amines) is 1. The molecule has 1 aliphatic heterocycles. The van der Waals surface area contributed by atoms with Crippen LogP contribution in [0, 0.1) is 5.92 Å². The van der Waals surface area contributed by atoms with Crippen molar-refractivity contribution in [3.05, 3.63) is 19.2 Å². The Kier molecular flexibility index (Phi) is 4.68. The molecule has 2 unspecified atom stereocenters. The predicted octanol–water partition coefficient (Wildman–Crippen LogP) is 3.66. The molecule has 0 saturated carbocycles. The molecule has 0 aliphatic carbocycles. The summed E-state index contributed by atoms with van der Waals surface area (Å²) < 4.78 is 1.80. The summed E-state index contributed by atoms with van der Waals surface area (Å²) in [5, 5.41) is 9.42. The maximum absolute atomic E-state index is 12.0. The van der Waals surface area contributed by atoms with E-state index in [1.165, 1.54) is 11.3 Å². The van der Waals surface area contributed by atoms with E-state index >= 15 is 0 Å². The first-order chi connectivity index (χ1) is 8.91. The molecule has 1 N–H and O–H groups in total. The highest BCUT2D eigenvalue weighted by Gasteiger charge is 2.37. The van der Waals surface area contributed by atoms with Crippen LogP contribution in [-0.2, 0) is 9.59 Å². The van der Waals surface area contributed by atoms with Crippen LogP contribution in [0.3, 0.4) is 0 Å². The number of halogens is 2. The molecule has 2 atom stereocenters. The minimum atomic E-state index is -0.841. The number of hydrogen-bond acceptors (Lipinski definition) is 3. The van der Waals surface area contributed by atoms with Crippen LogP contribution in [0.2, 0.25) is 0 Å². The summed E-state index contributed by atoms with van der Waals surface area (Å²) in [5.74, 6) is -1.38. The van der Waals surface area contributed by atoms with Gasteiger partial charge in [0.1, 0.15) is 0 Å². The first kappa shape index (κ1) is 15.0. The van der Waals surface area contributed by atoms with Gasteiger partial charge in [0.05, 0.1) is 15.7 Å². The first-order valence-corrected chi connectivity index (χ1v) is 8.25. The number of aliphatic carboxylic acids is 1. The highest BCUT2D eigenvalue weighted by atomic mass is 79.9. The Morgan fingerprint density at radius 1 is 1.53 bits per heavy atom. The molecule has 2 heterocycles. The number of amides is 1. The van der Waals surface area contributed by atoms with E-state index in [-0.39, 0.29) is 11.9 Å². The van der Waals surface area contributed by atoms with Gasteiger partial charge >= 0.3 is 5.97 Å². The minimum Gasteiger partial charge on any atom is -0.481 e. The normalized spacial score (nSPS) is 24.4. The molecule has 1 aliphatic rings. The number of carboxylic acids is 1. The van der Waals surface area contributed by atoms with Gasteiger partial charge in [0.2, 0.25) is 5.91 Å². The van der Waals surface area contributed by atoms with Crippen molar-refractivity contribution in [3.63, 3.8) is 0 Å². The molecule has 19 heavy (non-hydrogen) atoms. The average molecular weight is 411 g/mol. The van der Waals surface area contributed by atoms with Gasteiger partial charge in [-0.25, -0.2) is 0 Å². The second-order valence-electron chi connectivity index (χ2n) is 4.56. The average Bonchev–Trinajstić information content (AvgIpc) is 2.58. The lowest BCUT2D eigenvalue weighted by molar-refractivity contribution is -0.145. The molecule has 7 heteroatoms. The van der Waals surface area contributed by atoms with Crippen LogP contribution in [0.1, 0.15) is 30.2 Å². The van der Waals surface area contributed by atoms with E-state index in [1.807, 2.05) is 6.07 Å². The molecule has 0 bridgehead atoms. The third-order valence-electron chi connectivity index (χ3n) is 3.37. The summed E-state index contributed by atoms with van der Waals surface area (Å²) in [6.07, 6.45) is 1.58. The van der Waals surface area contributed by atoms with E-state index in [4.69, 9.17) is 0 Å². The van der Waals surface area contributed by atoms with Gasteiger partial charge in [-0.05, 0) is 50.8 Å². The summed E-state index contributed by atoms with van der Waals surface area (Å²) in [6.45, 7) is 0. The van der Waals surface area contributed by atoms with Gasteiger partial charge in [0.15, 0.2) is 0 Å². The number of carbonyl (C=O) groups excluding carboxylic acids is 1. The summed E-state index contributed by atoms with van der Waals surface area (Å²) in [7, 11) is 1.69. The van der Waals surface area contributed by atoms with Crippen molar-refractivity contribution in [1.29, 1.82) is 0 Å². The molecule has 1 aromatic heterocycles. The van der Waals surface area contributed by atoms with Crippen LogP contribution in [-0.4, -0.2) is 28.9 Å². The third kappa shape index (κ3) is 3.03. The number of rotatable bonds is 2. The van der Waals surface area contributed by atoms with Crippen molar-refractivity contribution in [2.75, 3.05) is 7.05 Å². The predicted molar refractivity (Wildman–Crippen MR) is 80.2 cm³/mol. The van der Waals surface area contributed by atoms with Gasteiger partial charge in [0, 0.05) is 22.8 Å². The standard InChI is InChI=1S/C12H13Br2NO3S/c1-15-9(16)4-2-3-6(12(17)18)10(15)8-5-7(13)11(14)19-8/h5-6,10H,2-4H2,1H3,(H,17,18). The molecule has 0 spiro atoms. The number of nitrogens with zero attached hydrogens (tertiary/aromatic N) is 1. The third-order valence-corrected chi connectivity index (χ3v) is 6.70. The maximum atomic E-state index is 12.0. The zero-order valence-corrected chi connectivity index (χ0v) is 14.2. The van der Waals surface area contributed by atoms with Crippen LogP contribution in [0.4, 0.5) is 0 Å². The molecule has 2 rings (SSSR count). The van der Waals surface area contributed by atoms with Crippen molar-refractivity contribution < 1.29 is 14.7 Å². The molecule has 1 saturated heterocycles. The highest BCUT2D eigenvalue weighted by Crippen LogP contribution is 2.42. The van der Waals surface area contributed by atoms with Crippen molar-refractivity contribution in [3.8, 4) is 0 Å². The van der Waals surface area contributed by atoms with Gasteiger partial charge in [0.25, 0.3) is 0 Å². The van der Waals surface area contributed by atoms with Crippen molar-refractivity contribution >= 4 is 55.1 Å². The molecule has 1 aromatic rings. The fraction of sp³-hybridized carbons (Fsp3) is 0.500. The van der Waals surface area contributed by atoms with E-state index in [1.54, 1.807) is 11.9 Å². The highest BCUT2D eigenvalue weighted by molar-refractivity contribution is 9.13. The van der Waals surface area contributed by atoms with Crippen LogP contribution < -0.4 is 0 Å². The molecular formula is C12H13Br2NO3S. The SMILES string of the molecule is CN1C(=O)CCCC(C(=O)O)C1c1cc(Br)c(Br)s1. The summed E-state index contributed by atoms with van der Waals surface area (Å²) in [5.41, 5.74) is 0. The summed E-state index contributed by atoms with van der Waals surface area (Å²) in [6, 6.07) is 1.50. The first-order valence-electron chi connectivity index (χ1n) is 5.85. The number of thiophene rings is 1. The Bertz CT molecular complexity index is 498. The topological polar surface area (TPSA) is 57.6 Å². The Morgan fingerprint density at radius 3 is 2.74 bits per heavy atom. The lowest BCUT2D eigenvalue weighted by Gasteiger charge is -2.29. The quantitative estimate of drug-likeness (QED) is 0.809. The maximum Gasteiger partial charge on any atom is 0.308 e. The number of carboxylic acid groups (broad SMARTS) is 1. The zero-order valence-electron chi connectivity index (χ0n) is 10.2. The van der Waals surface area contributed by atoms with Gasteiger partial charge in [-0.1, -0.05) is 0 Å². The number of carbonyl (C=O) groups is 2. The van der Waals surface area contributed by atoms with Crippen LogP contribution in [0.25, 0.3) is 0 Å². The Labute approximate surface area is 132 Å². The zero-order chi connectivity index (χ0) is 14.2. The fourth-order valence-corrected chi connectivity index (χ4v) is 4.69. The Morgan fingerprint density at radius 2 is 2.21 bits per heavy atom. The lowest BCUT2D eigenvalue weighted by atomic mass is 9.94. The molecular weight excluding hydrogens is 398 g/mol. The van der Waals surface area contributed by atoms with Crippen molar-refractivity contribution in [2.24, 2.45) is 5.92 Å². The molecule has 0 radical (unpaired) electrons. The number of hydrogen-bond donors (Lipinski definition) is 1. The molecule has 104 valence electrons. The summed E-state index contributed by atoms with van der Waals surface area (Å²) in [4.78, 5) is 25.9. The van der Waals surface area contributed by atoms with Crippen LogP contribution >= 0.6 is 43.2 Å². The molecule has 1 fully saturated rings. The van der Waals surface area contributed by atoms with Gasteiger partial charge in [-0.15, -0.1) is 11.3 Å². The van der Waals surface area contributed by atoms with E-state index < -0.39 is 11.9 Å². The lowest BCUT2D eigenvalue weighted by Crippen LogP contribution is -2.35. The smallest absolute Gasteiger partial charge is 0.308 e. The monoisotopic (exact) mass is 409 g/mol. The molecule has 0 aromatic carbocycles. The van der Waals surface area contributed by atoms with Crippen LogP contribution in [0.5, 0.6) is 0 Å². The van der Waals surface area contributed by atoms with E-state index in [2.05, 4.69) is 31.9 Å². The molecule has 1 amide bonds. The molecule has 4 nitrogen and oxygen atoms in total.